The zero-order valence-corrected chi connectivity index (χ0v) is 16.8. The summed E-state index contributed by atoms with van der Waals surface area (Å²) in [6.07, 6.45) is 5.28. The molecule has 0 saturated heterocycles. The molecule has 2 amide bonds. The molecule has 3 N–H and O–H groups in total. The zero-order valence-electron chi connectivity index (χ0n) is 16.0. The highest BCUT2D eigenvalue weighted by Crippen LogP contribution is 2.22. The standard InChI is InChI=1S/C22H19N5O2S/c28-21(24-14-17-5-3-11-30-17)13-22(29)25-16-6-8-18-19(26-27-20(18)12-16)9-7-15-4-1-2-10-23-15/h1-12H,13-14H2,(H,24,28)(H,25,29)(H,26,27)/b9-7+. The lowest BCUT2D eigenvalue weighted by Crippen LogP contribution is -2.27. The summed E-state index contributed by atoms with van der Waals surface area (Å²) in [6, 6.07) is 15.0. The first kappa shape index (κ1) is 19.5. The number of aromatic nitrogens is 3. The number of H-pyrrole nitrogens is 1. The summed E-state index contributed by atoms with van der Waals surface area (Å²) in [5, 5.41) is 15.6. The molecule has 3 aromatic heterocycles. The number of hydrogen-bond donors (Lipinski definition) is 3. The summed E-state index contributed by atoms with van der Waals surface area (Å²) >= 11 is 1.56. The Morgan fingerprint density at radius 3 is 2.80 bits per heavy atom. The van der Waals surface area contributed by atoms with Crippen LogP contribution in [0.2, 0.25) is 0 Å². The molecule has 0 bridgehead atoms. The molecule has 0 aliphatic heterocycles. The van der Waals surface area contributed by atoms with Crippen molar-refractivity contribution in [3.8, 4) is 0 Å². The first-order valence-electron chi connectivity index (χ1n) is 9.33. The van der Waals surface area contributed by atoms with Crippen molar-refractivity contribution in [3.05, 3.63) is 76.4 Å². The van der Waals surface area contributed by atoms with Gasteiger partial charge in [-0.25, -0.2) is 0 Å². The van der Waals surface area contributed by atoms with Crippen molar-refractivity contribution in [1.82, 2.24) is 20.5 Å². The molecule has 30 heavy (non-hydrogen) atoms. The van der Waals surface area contributed by atoms with E-state index >= 15 is 0 Å². The second-order valence-corrected chi connectivity index (χ2v) is 7.57. The molecule has 0 unspecified atom stereocenters. The van der Waals surface area contributed by atoms with Crippen LogP contribution in [0.15, 0.2) is 60.1 Å². The van der Waals surface area contributed by atoms with Gasteiger partial charge in [-0.1, -0.05) is 12.1 Å². The number of rotatable bonds is 7. The molecule has 0 atom stereocenters. The minimum Gasteiger partial charge on any atom is -0.351 e. The van der Waals surface area contributed by atoms with Gasteiger partial charge in [0.2, 0.25) is 11.8 Å². The molecule has 150 valence electrons. The van der Waals surface area contributed by atoms with Crippen molar-refractivity contribution in [1.29, 1.82) is 0 Å². The molecule has 0 aliphatic carbocycles. The van der Waals surface area contributed by atoms with Crippen LogP contribution >= 0.6 is 11.3 Å². The van der Waals surface area contributed by atoms with Crippen LogP contribution in [0.5, 0.6) is 0 Å². The lowest BCUT2D eigenvalue weighted by Gasteiger charge is -2.06. The Hall–Kier alpha value is -3.78. The second-order valence-electron chi connectivity index (χ2n) is 6.54. The van der Waals surface area contributed by atoms with E-state index in [2.05, 4.69) is 25.8 Å². The Morgan fingerprint density at radius 1 is 1.07 bits per heavy atom. The maximum absolute atomic E-state index is 12.2. The molecule has 0 saturated carbocycles. The minimum atomic E-state index is -0.368. The normalized spacial score (nSPS) is 11.1. The maximum Gasteiger partial charge on any atom is 0.233 e. The number of aromatic amines is 1. The van der Waals surface area contributed by atoms with Crippen LogP contribution in [0.25, 0.3) is 23.1 Å². The molecule has 0 fully saturated rings. The molecule has 0 spiro atoms. The Bertz CT molecular complexity index is 1180. The first-order valence-corrected chi connectivity index (χ1v) is 10.2. The van der Waals surface area contributed by atoms with Crippen LogP contribution in [0, 0.1) is 0 Å². The Morgan fingerprint density at radius 2 is 2.00 bits per heavy atom. The van der Waals surface area contributed by atoms with Crippen LogP contribution in [0.4, 0.5) is 5.69 Å². The number of thiophene rings is 1. The molecule has 3 heterocycles. The predicted octanol–water partition coefficient (Wildman–Crippen LogP) is 3.83. The quantitative estimate of drug-likeness (QED) is 0.398. The number of benzene rings is 1. The average Bonchev–Trinajstić information content (AvgIpc) is 3.41. The zero-order chi connectivity index (χ0) is 20.8. The highest BCUT2D eigenvalue weighted by Gasteiger charge is 2.11. The van der Waals surface area contributed by atoms with Crippen LogP contribution in [-0.2, 0) is 16.1 Å². The van der Waals surface area contributed by atoms with Gasteiger partial charge in [-0.15, -0.1) is 11.3 Å². The second kappa shape index (κ2) is 9.15. The number of nitrogens with zero attached hydrogens (tertiary/aromatic N) is 2. The summed E-state index contributed by atoms with van der Waals surface area (Å²) in [5.41, 5.74) is 3.01. The van der Waals surface area contributed by atoms with Crippen molar-refractivity contribution in [2.45, 2.75) is 13.0 Å². The number of hydrogen-bond acceptors (Lipinski definition) is 5. The smallest absolute Gasteiger partial charge is 0.233 e. The summed E-state index contributed by atoms with van der Waals surface area (Å²) in [7, 11) is 0. The van der Waals surface area contributed by atoms with Gasteiger partial charge >= 0.3 is 0 Å². The van der Waals surface area contributed by atoms with Gasteiger partial charge in [0.15, 0.2) is 0 Å². The molecular formula is C22H19N5O2S. The van der Waals surface area contributed by atoms with Gasteiger partial charge in [0.25, 0.3) is 0 Å². The molecule has 4 rings (SSSR count). The number of amides is 2. The largest absolute Gasteiger partial charge is 0.351 e. The van der Waals surface area contributed by atoms with Gasteiger partial charge in [0.1, 0.15) is 6.42 Å². The minimum absolute atomic E-state index is 0.232. The number of carbonyl (C=O) groups excluding carboxylic acids is 2. The van der Waals surface area contributed by atoms with Crippen LogP contribution in [0.3, 0.4) is 0 Å². The third-order valence-corrected chi connectivity index (χ3v) is 5.21. The molecule has 1 aromatic carbocycles. The van der Waals surface area contributed by atoms with Crippen molar-refractivity contribution in [3.63, 3.8) is 0 Å². The number of pyridine rings is 1. The van der Waals surface area contributed by atoms with Gasteiger partial charge in [0.05, 0.1) is 23.4 Å². The third kappa shape index (κ3) is 4.98. The highest BCUT2D eigenvalue weighted by molar-refractivity contribution is 7.09. The number of carbonyl (C=O) groups is 2. The van der Waals surface area contributed by atoms with Gasteiger partial charge in [0, 0.05) is 22.1 Å². The van der Waals surface area contributed by atoms with E-state index in [1.165, 1.54) is 0 Å². The molecule has 7 nitrogen and oxygen atoms in total. The SMILES string of the molecule is O=C(CC(=O)Nc1ccc2c(/C=C/c3ccccn3)n[nH]c2c1)NCc1cccs1. The van der Waals surface area contributed by atoms with Crippen molar-refractivity contribution in [2.75, 3.05) is 5.32 Å². The van der Waals surface area contributed by atoms with Gasteiger partial charge in [-0.2, -0.15) is 5.10 Å². The molecule has 0 aliphatic rings. The summed E-state index contributed by atoms with van der Waals surface area (Å²) in [6.45, 7) is 0.429. The lowest BCUT2D eigenvalue weighted by atomic mass is 10.1. The van der Waals surface area contributed by atoms with E-state index in [0.717, 1.165) is 27.2 Å². The van der Waals surface area contributed by atoms with Crippen molar-refractivity contribution < 1.29 is 9.59 Å². The lowest BCUT2D eigenvalue weighted by molar-refractivity contribution is -0.126. The Labute approximate surface area is 176 Å². The number of fused-ring (bicyclic) bond motifs is 1. The van der Waals surface area contributed by atoms with E-state index in [9.17, 15) is 9.59 Å². The fourth-order valence-corrected chi connectivity index (χ4v) is 3.54. The van der Waals surface area contributed by atoms with E-state index in [1.807, 2.05) is 53.9 Å². The molecule has 0 radical (unpaired) electrons. The van der Waals surface area contributed by atoms with E-state index in [1.54, 1.807) is 29.7 Å². The Kier molecular flexibility index (Phi) is 5.95. The molecule has 4 aromatic rings. The van der Waals surface area contributed by atoms with E-state index in [0.29, 0.717) is 12.2 Å². The number of anilines is 1. The fraction of sp³-hybridized carbons (Fsp3) is 0.0909. The van der Waals surface area contributed by atoms with Crippen LogP contribution in [0.1, 0.15) is 22.7 Å². The highest BCUT2D eigenvalue weighted by atomic mass is 32.1. The number of nitrogens with one attached hydrogen (secondary N) is 3. The van der Waals surface area contributed by atoms with E-state index in [-0.39, 0.29) is 18.2 Å². The van der Waals surface area contributed by atoms with Crippen LogP contribution in [-0.4, -0.2) is 27.0 Å². The molecule has 8 heteroatoms. The van der Waals surface area contributed by atoms with Crippen LogP contribution < -0.4 is 10.6 Å². The first-order chi connectivity index (χ1) is 14.7. The Balaban J connectivity index is 1.36. The van der Waals surface area contributed by atoms with E-state index in [4.69, 9.17) is 0 Å². The molecular weight excluding hydrogens is 398 g/mol. The summed E-state index contributed by atoms with van der Waals surface area (Å²) in [4.78, 5) is 29.4. The van der Waals surface area contributed by atoms with Crippen molar-refractivity contribution in [2.24, 2.45) is 0 Å². The summed E-state index contributed by atoms with van der Waals surface area (Å²) in [5.74, 6) is -0.682. The predicted molar refractivity (Wildman–Crippen MR) is 119 cm³/mol. The topological polar surface area (TPSA) is 99.8 Å². The van der Waals surface area contributed by atoms with Gasteiger partial charge in [-0.3, -0.25) is 19.7 Å². The van der Waals surface area contributed by atoms with Gasteiger partial charge in [-0.05, 0) is 53.9 Å². The van der Waals surface area contributed by atoms with Gasteiger partial charge < -0.3 is 10.6 Å². The fourth-order valence-electron chi connectivity index (χ4n) is 2.90. The maximum atomic E-state index is 12.2. The summed E-state index contributed by atoms with van der Waals surface area (Å²) < 4.78 is 0. The third-order valence-electron chi connectivity index (χ3n) is 4.34. The monoisotopic (exact) mass is 417 g/mol. The van der Waals surface area contributed by atoms with E-state index < -0.39 is 0 Å². The van der Waals surface area contributed by atoms with Crippen molar-refractivity contribution >= 4 is 51.9 Å². The average molecular weight is 417 g/mol.